The zero-order valence-corrected chi connectivity index (χ0v) is 11.7. The Morgan fingerprint density at radius 2 is 2.19 bits per heavy atom. The molecule has 0 bridgehead atoms. The molecule has 2 rings (SSSR count). The predicted octanol–water partition coefficient (Wildman–Crippen LogP) is 2.43. The smallest absolute Gasteiger partial charge is 0.388 e. The zero-order valence-electron chi connectivity index (χ0n) is 11.7. The number of anilines is 2. The van der Waals surface area contributed by atoms with Crippen molar-refractivity contribution in [1.82, 2.24) is 9.97 Å². The third-order valence-electron chi connectivity index (χ3n) is 3.67. The molecular weight excluding hydrogens is 285 g/mol. The summed E-state index contributed by atoms with van der Waals surface area (Å²) in [6.07, 6.45) is -1.45. The fourth-order valence-corrected chi connectivity index (χ4v) is 2.73. The van der Waals surface area contributed by atoms with Crippen LogP contribution in [0.4, 0.5) is 24.8 Å². The van der Waals surface area contributed by atoms with Crippen LogP contribution in [-0.4, -0.2) is 27.2 Å². The normalized spacial score (nSPS) is 26.6. The maximum atomic E-state index is 12.6. The molecule has 118 valence electrons. The van der Waals surface area contributed by atoms with Gasteiger partial charge in [-0.3, -0.25) is 0 Å². The molecule has 1 aromatic rings. The molecule has 0 saturated heterocycles. The van der Waals surface area contributed by atoms with Crippen LogP contribution in [0.3, 0.4) is 0 Å². The van der Waals surface area contributed by atoms with E-state index in [-0.39, 0.29) is 18.2 Å². The first-order chi connectivity index (χ1) is 9.68. The lowest BCUT2D eigenvalue weighted by Gasteiger charge is -2.35. The third-order valence-corrected chi connectivity index (χ3v) is 3.67. The van der Waals surface area contributed by atoms with Crippen LogP contribution in [0.5, 0.6) is 0 Å². The molecular formula is C13H19F3N4O. The molecule has 1 aliphatic rings. The first kappa shape index (κ1) is 15.8. The number of alkyl halides is 3. The van der Waals surface area contributed by atoms with Gasteiger partial charge in [-0.1, -0.05) is 19.8 Å². The highest BCUT2D eigenvalue weighted by Crippen LogP contribution is 2.32. The number of nitrogens with zero attached hydrogens (tertiary/aromatic N) is 2. The highest BCUT2D eigenvalue weighted by Gasteiger charge is 2.36. The van der Waals surface area contributed by atoms with Crippen LogP contribution in [0.25, 0.3) is 0 Å². The number of nitrogen functional groups attached to an aromatic ring is 1. The topological polar surface area (TPSA) is 84.1 Å². The molecule has 1 fully saturated rings. The molecule has 0 spiro atoms. The molecule has 8 heteroatoms. The monoisotopic (exact) mass is 304 g/mol. The van der Waals surface area contributed by atoms with Crippen LogP contribution in [0, 0.1) is 5.92 Å². The van der Waals surface area contributed by atoms with Crippen molar-refractivity contribution in [2.75, 3.05) is 17.6 Å². The van der Waals surface area contributed by atoms with Gasteiger partial charge in [-0.2, -0.15) is 13.2 Å². The molecule has 2 unspecified atom stereocenters. The van der Waals surface area contributed by atoms with Crippen molar-refractivity contribution in [3.63, 3.8) is 0 Å². The maximum absolute atomic E-state index is 12.6. The summed E-state index contributed by atoms with van der Waals surface area (Å²) in [5.41, 5.74) is 4.45. The zero-order chi connectivity index (χ0) is 15.7. The summed E-state index contributed by atoms with van der Waals surface area (Å²) in [6.45, 7) is 2.19. The van der Waals surface area contributed by atoms with Gasteiger partial charge in [0.15, 0.2) is 0 Å². The Kier molecular flexibility index (Phi) is 4.27. The fraction of sp³-hybridized carbons (Fsp3) is 0.692. The Morgan fingerprint density at radius 1 is 1.48 bits per heavy atom. The largest absolute Gasteiger partial charge is 0.451 e. The van der Waals surface area contributed by atoms with E-state index in [2.05, 4.69) is 22.2 Å². The summed E-state index contributed by atoms with van der Waals surface area (Å²) in [7, 11) is 0. The number of nitrogens with one attached hydrogen (secondary N) is 1. The lowest BCUT2D eigenvalue weighted by atomic mass is 9.79. The Balaban J connectivity index is 2.08. The SMILES string of the molecule is CC1CCCC(O)(CNc2cc(N)nc(C(F)(F)F)n2)C1. The molecule has 2 atom stereocenters. The number of hydrogen-bond acceptors (Lipinski definition) is 5. The molecule has 1 aliphatic carbocycles. The third kappa shape index (κ3) is 4.20. The van der Waals surface area contributed by atoms with E-state index in [4.69, 9.17) is 5.73 Å². The Bertz CT molecular complexity index is 509. The number of aromatic nitrogens is 2. The molecule has 0 radical (unpaired) electrons. The number of aliphatic hydroxyl groups is 1. The minimum atomic E-state index is -4.65. The first-order valence-electron chi connectivity index (χ1n) is 6.86. The molecule has 5 nitrogen and oxygen atoms in total. The summed E-state index contributed by atoms with van der Waals surface area (Å²) in [5, 5.41) is 13.2. The highest BCUT2D eigenvalue weighted by molar-refractivity contribution is 5.45. The van der Waals surface area contributed by atoms with Crippen LogP contribution in [-0.2, 0) is 6.18 Å². The molecule has 4 N–H and O–H groups in total. The van der Waals surface area contributed by atoms with E-state index in [0.29, 0.717) is 18.8 Å². The highest BCUT2D eigenvalue weighted by atomic mass is 19.4. The van der Waals surface area contributed by atoms with Crippen LogP contribution >= 0.6 is 0 Å². The number of nitrogens with two attached hydrogens (primary N) is 1. The van der Waals surface area contributed by atoms with Gasteiger partial charge in [0.2, 0.25) is 5.82 Å². The van der Waals surface area contributed by atoms with Gasteiger partial charge in [0.1, 0.15) is 11.6 Å². The van der Waals surface area contributed by atoms with Crippen molar-refractivity contribution >= 4 is 11.6 Å². The van der Waals surface area contributed by atoms with Crippen LogP contribution in [0.15, 0.2) is 6.07 Å². The van der Waals surface area contributed by atoms with E-state index in [1.54, 1.807) is 0 Å². The fourth-order valence-electron chi connectivity index (χ4n) is 2.73. The second kappa shape index (κ2) is 5.67. The summed E-state index contributed by atoms with van der Waals surface area (Å²) in [4.78, 5) is 6.57. The number of halogens is 3. The van der Waals surface area contributed by atoms with Crippen LogP contribution < -0.4 is 11.1 Å². The van der Waals surface area contributed by atoms with E-state index >= 15 is 0 Å². The second-order valence-corrected chi connectivity index (χ2v) is 5.78. The van der Waals surface area contributed by atoms with E-state index in [1.807, 2.05) is 0 Å². The van der Waals surface area contributed by atoms with Gasteiger partial charge >= 0.3 is 6.18 Å². The Hall–Kier alpha value is -1.57. The van der Waals surface area contributed by atoms with Crippen molar-refractivity contribution < 1.29 is 18.3 Å². The lowest BCUT2D eigenvalue weighted by Crippen LogP contribution is -2.41. The Labute approximate surface area is 120 Å². The molecule has 1 aromatic heterocycles. The first-order valence-corrected chi connectivity index (χ1v) is 6.86. The molecule has 21 heavy (non-hydrogen) atoms. The van der Waals surface area contributed by atoms with Crippen molar-refractivity contribution in [3.8, 4) is 0 Å². The minimum absolute atomic E-state index is 0.0264. The van der Waals surface area contributed by atoms with Crippen molar-refractivity contribution in [2.45, 2.75) is 44.4 Å². The average molecular weight is 304 g/mol. The summed E-state index contributed by atoms with van der Waals surface area (Å²) < 4.78 is 37.8. The number of rotatable bonds is 3. The van der Waals surface area contributed by atoms with E-state index in [9.17, 15) is 18.3 Å². The van der Waals surface area contributed by atoms with Gasteiger partial charge in [0.05, 0.1) is 5.60 Å². The molecule has 1 saturated carbocycles. The van der Waals surface area contributed by atoms with E-state index in [0.717, 1.165) is 12.8 Å². The second-order valence-electron chi connectivity index (χ2n) is 5.78. The standard InChI is InChI=1S/C13H19F3N4O/c1-8-3-2-4-12(21,6-8)7-18-10-5-9(17)19-11(20-10)13(14,15)16/h5,8,21H,2-4,6-7H2,1H3,(H3,17,18,19,20). The number of hydrogen-bond donors (Lipinski definition) is 3. The van der Waals surface area contributed by atoms with Gasteiger partial charge in [-0.15, -0.1) is 0 Å². The van der Waals surface area contributed by atoms with E-state index in [1.165, 1.54) is 6.07 Å². The van der Waals surface area contributed by atoms with Gasteiger partial charge in [0, 0.05) is 12.6 Å². The minimum Gasteiger partial charge on any atom is -0.388 e. The Morgan fingerprint density at radius 3 is 2.81 bits per heavy atom. The summed E-state index contributed by atoms with van der Waals surface area (Å²) >= 11 is 0. The van der Waals surface area contributed by atoms with Crippen molar-refractivity contribution in [1.29, 1.82) is 0 Å². The molecule has 0 aliphatic heterocycles. The lowest BCUT2D eigenvalue weighted by molar-refractivity contribution is -0.144. The summed E-state index contributed by atoms with van der Waals surface area (Å²) in [6, 6.07) is 1.23. The molecule has 0 aromatic carbocycles. The van der Waals surface area contributed by atoms with Crippen molar-refractivity contribution in [2.24, 2.45) is 5.92 Å². The predicted molar refractivity (Wildman–Crippen MR) is 72.5 cm³/mol. The van der Waals surface area contributed by atoms with Gasteiger partial charge in [0.25, 0.3) is 0 Å². The van der Waals surface area contributed by atoms with E-state index < -0.39 is 17.6 Å². The molecule has 0 amide bonds. The van der Waals surface area contributed by atoms with Gasteiger partial charge in [-0.05, 0) is 18.8 Å². The molecule has 1 heterocycles. The van der Waals surface area contributed by atoms with Crippen LogP contribution in [0.2, 0.25) is 0 Å². The van der Waals surface area contributed by atoms with Crippen molar-refractivity contribution in [3.05, 3.63) is 11.9 Å². The summed E-state index contributed by atoms with van der Waals surface area (Å²) in [5.74, 6) is -1.17. The van der Waals surface area contributed by atoms with Gasteiger partial charge < -0.3 is 16.2 Å². The quantitative estimate of drug-likeness (QED) is 0.798. The average Bonchev–Trinajstić information content (AvgIpc) is 2.34. The van der Waals surface area contributed by atoms with Crippen LogP contribution in [0.1, 0.15) is 38.4 Å². The maximum Gasteiger partial charge on any atom is 0.451 e. The van der Waals surface area contributed by atoms with Gasteiger partial charge in [-0.25, -0.2) is 9.97 Å².